The highest BCUT2D eigenvalue weighted by Gasteiger charge is 2.24. The topological polar surface area (TPSA) is 98.3 Å². The Morgan fingerprint density at radius 1 is 1.69 bits per heavy atom. The molecule has 1 N–H and O–H groups in total. The Bertz CT molecular complexity index is 429. The first-order valence-electron chi connectivity index (χ1n) is 4.46. The molecule has 0 atom stereocenters. The van der Waals surface area contributed by atoms with Gasteiger partial charge in [-0.2, -0.15) is 5.10 Å². The van der Waals surface area contributed by atoms with Crippen LogP contribution in [0.2, 0.25) is 0 Å². The Labute approximate surface area is 95.6 Å². The predicted molar refractivity (Wildman–Crippen MR) is 57.6 cm³/mol. The lowest BCUT2D eigenvalue weighted by Crippen LogP contribution is -1.99. The Morgan fingerprint density at radius 2 is 2.31 bits per heavy atom. The normalized spacial score (nSPS) is 10.4. The van der Waals surface area contributed by atoms with Crippen LogP contribution in [0.3, 0.4) is 0 Å². The van der Waals surface area contributed by atoms with Crippen molar-refractivity contribution in [1.29, 1.82) is 0 Å². The van der Waals surface area contributed by atoms with Crippen LogP contribution in [0.25, 0.3) is 0 Å². The molecule has 88 valence electrons. The van der Waals surface area contributed by atoms with E-state index in [9.17, 15) is 14.9 Å². The first kappa shape index (κ1) is 12.5. The van der Waals surface area contributed by atoms with E-state index in [2.05, 4.69) is 5.10 Å². The van der Waals surface area contributed by atoms with Crippen molar-refractivity contribution in [3.63, 3.8) is 0 Å². The summed E-state index contributed by atoms with van der Waals surface area (Å²) >= 11 is 1.13. The predicted octanol–water partition coefficient (Wildman–Crippen LogP) is 1.20. The van der Waals surface area contributed by atoms with Crippen LogP contribution < -0.4 is 0 Å². The third-order valence-corrected chi connectivity index (χ3v) is 3.02. The van der Waals surface area contributed by atoms with Gasteiger partial charge in [0.1, 0.15) is 5.69 Å². The number of aromatic nitrogens is 2. The van der Waals surface area contributed by atoms with E-state index in [0.717, 1.165) is 11.8 Å². The minimum atomic E-state index is -0.922. The molecule has 7 nitrogen and oxygen atoms in total. The average Bonchev–Trinajstić information content (AvgIpc) is 2.40. The second-order valence-electron chi connectivity index (χ2n) is 3.11. The molecule has 0 saturated heterocycles. The molecule has 0 spiro atoms. The van der Waals surface area contributed by atoms with Crippen molar-refractivity contribution in [3.8, 4) is 0 Å². The lowest BCUT2D eigenvalue weighted by atomic mass is 10.4. The van der Waals surface area contributed by atoms with Crippen molar-refractivity contribution in [3.05, 3.63) is 15.8 Å². The summed E-state index contributed by atoms with van der Waals surface area (Å²) in [7, 11) is 1.60. The molecule has 1 heterocycles. The van der Waals surface area contributed by atoms with Crippen LogP contribution in [0.1, 0.15) is 12.1 Å². The van der Waals surface area contributed by atoms with E-state index >= 15 is 0 Å². The number of aliphatic carboxylic acids is 1. The van der Waals surface area contributed by atoms with E-state index in [1.54, 1.807) is 14.0 Å². The molecule has 1 aromatic heterocycles. The van der Waals surface area contributed by atoms with Gasteiger partial charge in [-0.05, 0) is 6.92 Å². The summed E-state index contributed by atoms with van der Waals surface area (Å²) < 4.78 is 1.40. The van der Waals surface area contributed by atoms with E-state index in [-0.39, 0.29) is 17.9 Å². The summed E-state index contributed by atoms with van der Waals surface area (Å²) in [4.78, 5) is 20.6. The molecule has 0 amide bonds. The molecule has 0 radical (unpaired) electrons. The minimum absolute atomic E-state index is 0.0357. The van der Waals surface area contributed by atoms with Gasteiger partial charge in [0, 0.05) is 12.8 Å². The van der Waals surface area contributed by atoms with Gasteiger partial charge in [0.2, 0.25) is 0 Å². The first-order valence-corrected chi connectivity index (χ1v) is 5.44. The highest BCUT2D eigenvalue weighted by atomic mass is 32.2. The van der Waals surface area contributed by atoms with E-state index in [0.29, 0.717) is 10.7 Å². The second kappa shape index (κ2) is 4.97. The van der Waals surface area contributed by atoms with Crippen molar-refractivity contribution < 1.29 is 14.8 Å². The Hall–Kier alpha value is -1.57. The van der Waals surface area contributed by atoms with E-state index in [1.807, 2.05) is 0 Å². The quantitative estimate of drug-likeness (QED) is 0.475. The maximum absolute atomic E-state index is 10.8. The van der Waals surface area contributed by atoms with Crippen LogP contribution in [-0.2, 0) is 11.8 Å². The van der Waals surface area contributed by atoms with Gasteiger partial charge in [0.25, 0.3) is 0 Å². The Kier molecular flexibility index (Phi) is 3.88. The zero-order chi connectivity index (χ0) is 12.3. The molecule has 0 fully saturated rings. The van der Waals surface area contributed by atoms with Gasteiger partial charge in [-0.3, -0.25) is 19.6 Å². The summed E-state index contributed by atoms with van der Waals surface area (Å²) in [6, 6.07) is 0. The third-order valence-electron chi connectivity index (χ3n) is 1.88. The molecule has 0 aliphatic rings. The van der Waals surface area contributed by atoms with Gasteiger partial charge in [-0.15, -0.1) is 0 Å². The number of hydrogen-bond acceptors (Lipinski definition) is 5. The number of nitro groups is 1. The van der Waals surface area contributed by atoms with Crippen molar-refractivity contribution in [1.82, 2.24) is 9.78 Å². The molecule has 1 rings (SSSR count). The smallest absolute Gasteiger partial charge is 0.323 e. The second-order valence-corrected chi connectivity index (χ2v) is 4.20. The molecule has 0 unspecified atom stereocenters. The lowest BCUT2D eigenvalue weighted by Gasteiger charge is -1.99. The SMILES string of the molecule is Cc1nn(C)c(SCCC(=O)O)c1[N+](=O)[O-]. The monoisotopic (exact) mass is 245 g/mol. The highest BCUT2D eigenvalue weighted by Crippen LogP contribution is 2.31. The summed E-state index contributed by atoms with van der Waals surface area (Å²) in [6.07, 6.45) is -0.0357. The fourth-order valence-electron chi connectivity index (χ4n) is 1.23. The maximum atomic E-state index is 10.8. The van der Waals surface area contributed by atoms with E-state index in [4.69, 9.17) is 5.11 Å². The van der Waals surface area contributed by atoms with Gasteiger partial charge >= 0.3 is 11.7 Å². The van der Waals surface area contributed by atoms with Crippen LogP contribution >= 0.6 is 11.8 Å². The highest BCUT2D eigenvalue weighted by molar-refractivity contribution is 7.99. The minimum Gasteiger partial charge on any atom is -0.481 e. The van der Waals surface area contributed by atoms with Crippen molar-refractivity contribution in [2.45, 2.75) is 18.4 Å². The number of nitrogens with zero attached hydrogens (tertiary/aromatic N) is 3. The van der Waals surface area contributed by atoms with Gasteiger partial charge in [0.05, 0.1) is 11.3 Å². The van der Waals surface area contributed by atoms with Gasteiger partial charge in [-0.25, -0.2) is 0 Å². The van der Waals surface area contributed by atoms with Crippen molar-refractivity contribution in [2.75, 3.05) is 5.75 Å². The molecule has 0 aromatic carbocycles. The zero-order valence-corrected chi connectivity index (χ0v) is 9.65. The number of carboxylic acid groups (broad SMARTS) is 1. The average molecular weight is 245 g/mol. The van der Waals surface area contributed by atoms with Crippen LogP contribution in [0.5, 0.6) is 0 Å². The maximum Gasteiger partial charge on any atom is 0.323 e. The first-order chi connectivity index (χ1) is 7.43. The van der Waals surface area contributed by atoms with Crippen LogP contribution in [0.4, 0.5) is 5.69 Å². The summed E-state index contributed by atoms with van der Waals surface area (Å²) in [5, 5.41) is 23.6. The fourth-order valence-corrected chi connectivity index (χ4v) is 2.29. The number of hydrogen-bond donors (Lipinski definition) is 1. The number of carbonyl (C=O) groups is 1. The number of aryl methyl sites for hydroxylation is 2. The molecule has 16 heavy (non-hydrogen) atoms. The van der Waals surface area contributed by atoms with Crippen molar-refractivity contribution in [2.24, 2.45) is 7.05 Å². The van der Waals surface area contributed by atoms with Gasteiger partial charge in [-0.1, -0.05) is 11.8 Å². The lowest BCUT2D eigenvalue weighted by molar-refractivity contribution is -0.388. The summed E-state index contributed by atoms with van der Waals surface area (Å²) in [5.41, 5.74) is 0.295. The molecule has 0 aliphatic heterocycles. The standard InChI is InChI=1S/C8H11N3O4S/c1-5-7(11(14)15)8(10(2)9-5)16-4-3-6(12)13/h3-4H2,1-2H3,(H,12,13). The Balaban J connectivity index is 2.86. The van der Waals surface area contributed by atoms with E-state index < -0.39 is 10.9 Å². The van der Waals surface area contributed by atoms with Crippen molar-refractivity contribution >= 4 is 23.4 Å². The number of thioether (sulfide) groups is 1. The molecule has 0 bridgehead atoms. The van der Waals surface area contributed by atoms with Crippen LogP contribution in [-0.4, -0.2) is 31.5 Å². The molecule has 0 aliphatic carbocycles. The summed E-state index contributed by atoms with van der Waals surface area (Å²) in [5.74, 6) is -0.635. The van der Waals surface area contributed by atoms with Crippen LogP contribution in [0.15, 0.2) is 5.03 Å². The number of rotatable bonds is 5. The fraction of sp³-hybridized carbons (Fsp3) is 0.500. The van der Waals surface area contributed by atoms with Gasteiger partial charge in [0.15, 0.2) is 5.03 Å². The molecular formula is C8H11N3O4S. The Morgan fingerprint density at radius 3 is 2.81 bits per heavy atom. The number of carboxylic acids is 1. The molecule has 0 saturated carbocycles. The van der Waals surface area contributed by atoms with Crippen LogP contribution in [0, 0.1) is 17.0 Å². The molecular weight excluding hydrogens is 234 g/mol. The molecule has 1 aromatic rings. The zero-order valence-electron chi connectivity index (χ0n) is 8.84. The third kappa shape index (κ3) is 2.72. The molecule has 8 heteroatoms. The van der Waals surface area contributed by atoms with E-state index in [1.165, 1.54) is 4.68 Å². The van der Waals surface area contributed by atoms with Gasteiger partial charge < -0.3 is 5.11 Å². The largest absolute Gasteiger partial charge is 0.481 e. The summed E-state index contributed by atoms with van der Waals surface area (Å²) in [6.45, 7) is 1.55.